The molecule has 84 valence electrons. The molecule has 0 aliphatic heterocycles. The third kappa shape index (κ3) is 4.09. The van der Waals surface area contributed by atoms with Crippen LogP contribution in [0, 0.1) is 0 Å². The quantitative estimate of drug-likeness (QED) is 0.659. The summed E-state index contributed by atoms with van der Waals surface area (Å²) in [6.07, 6.45) is 3.47. The molecule has 0 fully saturated rings. The molecule has 0 saturated heterocycles. The fourth-order valence-corrected chi connectivity index (χ4v) is 1.31. The van der Waals surface area contributed by atoms with E-state index in [1.54, 1.807) is 29.0 Å². The van der Waals surface area contributed by atoms with E-state index in [0.717, 1.165) is 5.56 Å². The minimum atomic E-state index is -0.847. The first-order chi connectivity index (χ1) is 7.11. The van der Waals surface area contributed by atoms with Crippen LogP contribution in [0.1, 0.15) is 5.56 Å². The summed E-state index contributed by atoms with van der Waals surface area (Å²) >= 11 is 0. The third-order valence-corrected chi connectivity index (χ3v) is 1.87. The summed E-state index contributed by atoms with van der Waals surface area (Å²) in [5.74, 6) is -0.847. The molecule has 0 aliphatic carbocycles. The fraction of sp³-hybridized carbons (Fsp3) is 0.556. The highest BCUT2D eigenvalue weighted by Gasteiger charge is 2.06. The highest BCUT2D eigenvalue weighted by atomic mass is 16.4. The predicted molar refractivity (Wildman–Crippen MR) is 53.3 cm³/mol. The first-order valence-electron chi connectivity index (χ1n) is 4.64. The van der Waals surface area contributed by atoms with Crippen molar-refractivity contribution in [2.75, 3.05) is 20.2 Å². The van der Waals surface area contributed by atoms with E-state index in [-0.39, 0.29) is 13.2 Å². The summed E-state index contributed by atoms with van der Waals surface area (Å²) in [5, 5.41) is 21.3. The predicted octanol–water partition coefficient (Wildman–Crippen LogP) is -0.608. The van der Waals surface area contributed by atoms with Crippen molar-refractivity contribution in [2.24, 2.45) is 0 Å². The van der Waals surface area contributed by atoms with Crippen molar-refractivity contribution in [1.29, 1.82) is 0 Å². The number of aliphatic hydroxyl groups excluding tert-OH is 1. The van der Waals surface area contributed by atoms with Crippen LogP contribution < -0.4 is 0 Å². The van der Waals surface area contributed by atoms with Gasteiger partial charge in [-0.15, -0.1) is 0 Å². The zero-order chi connectivity index (χ0) is 11.3. The third-order valence-electron chi connectivity index (χ3n) is 1.87. The molecular formula is C9H15N3O3. The van der Waals surface area contributed by atoms with Gasteiger partial charge in [0.1, 0.15) is 0 Å². The smallest absolute Gasteiger partial charge is 0.317 e. The van der Waals surface area contributed by atoms with Crippen LogP contribution in [0.2, 0.25) is 0 Å². The van der Waals surface area contributed by atoms with E-state index in [4.69, 9.17) is 10.2 Å². The number of aliphatic hydroxyl groups is 1. The summed E-state index contributed by atoms with van der Waals surface area (Å²) < 4.78 is 1.63. The second-order valence-electron chi connectivity index (χ2n) is 3.40. The Bertz CT molecular complexity index is 324. The largest absolute Gasteiger partial charge is 0.480 e. The van der Waals surface area contributed by atoms with Gasteiger partial charge in [0.2, 0.25) is 0 Å². The molecule has 1 rings (SSSR count). The molecule has 0 atom stereocenters. The molecule has 0 spiro atoms. The van der Waals surface area contributed by atoms with Crippen LogP contribution in [0.3, 0.4) is 0 Å². The lowest BCUT2D eigenvalue weighted by Gasteiger charge is -2.11. The van der Waals surface area contributed by atoms with Crippen molar-refractivity contribution in [1.82, 2.24) is 14.7 Å². The number of aliphatic carboxylic acids is 1. The number of carboxylic acids is 1. The number of nitrogens with zero attached hydrogens (tertiary/aromatic N) is 3. The molecule has 15 heavy (non-hydrogen) atoms. The van der Waals surface area contributed by atoms with Gasteiger partial charge >= 0.3 is 5.97 Å². The van der Waals surface area contributed by atoms with Gasteiger partial charge in [-0.25, -0.2) is 0 Å². The number of likely N-dealkylation sites (N-methyl/N-ethyl adjacent to an activating group) is 1. The lowest BCUT2D eigenvalue weighted by molar-refractivity contribution is -0.138. The molecule has 0 aliphatic rings. The van der Waals surface area contributed by atoms with Gasteiger partial charge in [0.15, 0.2) is 0 Å². The van der Waals surface area contributed by atoms with Gasteiger partial charge in [-0.3, -0.25) is 14.4 Å². The molecule has 0 aromatic carbocycles. The van der Waals surface area contributed by atoms with Crippen molar-refractivity contribution in [3.8, 4) is 0 Å². The number of hydrogen-bond acceptors (Lipinski definition) is 4. The Morgan fingerprint density at radius 3 is 3.00 bits per heavy atom. The SMILES string of the molecule is CN(CC(=O)O)Cc1cnn(CCO)c1. The Balaban J connectivity index is 2.45. The minimum Gasteiger partial charge on any atom is -0.480 e. The molecule has 2 N–H and O–H groups in total. The molecule has 0 unspecified atom stereocenters. The van der Waals surface area contributed by atoms with Crippen molar-refractivity contribution in [3.63, 3.8) is 0 Å². The average Bonchev–Trinajstić information content (AvgIpc) is 2.51. The van der Waals surface area contributed by atoms with Gasteiger partial charge in [-0.1, -0.05) is 0 Å². The summed E-state index contributed by atoms with van der Waals surface area (Å²) in [7, 11) is 1.73. The van der Waals surface area contributed by atoms with Crippen LogP contribution in [0.25, 0.3) is 0 Å². The van der Waals surface area contributed by atoms with Crippen LogP contribution in [-0.2, 0) is 17.9 Å². The van der Waals surface area contributed by atoms with Crippen molar-refractivity contribution < 1.29 is 15.0 Å². The lowest BCUT2D eigenvalue weighted by atomic mass is 10.3. The maximum Gasteiger partial charge on any atom is 0.317 e. The van der Waals surface area contributed by atoms with Crippen LogP contribution >= 0.6 is 0 Å². The average molecular weight is 213 g/mol. The standard InChI is InChI=1S/C9H15N3O3/c1-11(7-9(14)15)5-8-4-10-12(6-8)2-3-13/h4,6,13H,2-3,5,7H2,1H3,(H,14,15). The second-order valence-corrected chi connectivity index (χ2v) is 3.40. The summed E-state index contributed by atoms with van der Waals surface area (Å²) in [6, 6.07) is 0. The molecule has 0 amide bonds. The number of rotatable bonds is 6. The molecule has 0 bridgehead atoms. The minimum absolute atomic E-state index is 0.00514. The van der Waals surface area contributed by atoms with E-state index in [2.05, 4.69) is 5.10 Å². The number of carbonyl (C=O) groups is 1. The van der Waals surface area contributed by atoms with Crippen molar-refractivity contribution in [2.45, 2.75) is 13.1 Å². The van der Waals surface area contributed by atoms with Gasteiger partial charge in [0.05, 0.1) is 25.9 Å². The van der Waals surface area contributed by atoms with E-state index in [0.29, 0.717) is 13.1 Å². The van der Waals surface area contributed by atoms with Gasteiger partial charge in [0, 0.05) is 18.3 Å². The Morgan fingerprint density at radius 1 is 1.67 bits per heavy atom. The number of aromatic nitrogens is 2. The monoisotopic (exact) mass is 213 g/mol. The van der Waals surface area contributed by atoms with E-state index in [1.165, 1.54) is 0 Å². The Labute approximate surface area is 87.7 Å². The normalized spacial score (nSPS) is 10.9. The molecule has 0 radical (unpaired) electrons. The first kappa shape index (κ1) is 11.7. The molecule has 6 nitrogen and oxygen atoms in total. The molecular weight excluding hydrogens is 198 g/mol. The molecule has 0 saturated carbocycles. The van der Waals surface area contributed by atoms with Gasteiger partial charge < -0.3 is 10.2 Å². The summed E-state index contributed by atoms with van der Waals surface area (Å²) in [5.41, 5.74) is 0.937. The van der Waals surface area contributed by atoms with E-state index < -0.39 is 5.97 Å². The van der Waals surface area contributed by atoms with Crippen LogP contribution in [0.4, 0.5) is 0 Å². The van der Waals surface area contributed by atoms with E-state index >= 15 is 0 Å². The molecule has 1 aromatic heterocycles. The van der Waals surface area contributed by atoms with Crippen LogP contribution in [0.5, 0.6) is 0 Å². The maximum atomic E-state index is 10.4. The number of carboxylic acid groups (broad SMARTS) is 1. The maximum absolute atomic E-state index is 10.4. The highest BCUT2D eigenvalue weighted by Crippen LogP contribution is 2.01. The molecule has 1 heterocycles. The topological polar surface area (TPSA) is 78.6 Å². The molecule has 6 heteroatoms. The summed E-state index contributed by atoms with van der Waals surface area (Å²) in [6.45, 7) is 1.05. The second kappa shape index (κ2) is 5.47. The van der Waals surface area contributed by atoms with E-state index in [1.807, 2.05) is 0 Å². The zero-order valence-electron chi connectivity index (χ0n) is 8.63. The lowest BCUT2D eigenvalue weighted by Crippen LogP contribution is -2.24. The Kier molecular flexibility index (Phi) is 4.26. The fourth-order valence-electron chi connectivity index (χ4n) is 1.31. The zero-order valence-corrected chi connectivity index (χ0v) is 8.63. The Hall–Kier alpha value is -1.40. The first-order valence-corrected chi connectivity index (χ1v) is 4.64. The Morgan fingerprint density at radius 2 is 2.40 bits per heavy atom. The van der Waals surface area contributed by atoms with Crippen molar-refractivity contribution >= 4 is 5.97 Å². The van der Waals surface area contributed by atoms with Crippen molar-refractivity contribution in [3.05, 3.63) is 18.0 Å². The summed E-state index contributed by atoms with van der Waals surface area (Å²) in [4.78, 5) is 12.1. The van der Waals surface area contributed by atoms with Gasteiger partial charge in [-0.2, -0.15) is 5.10 Å². The van der Waals surface area contributed by atoms with E-state index in [9.17, 15) is 4.79 Å². The van der Waals surface area contributed by atoms with Crippen LogP contribution in [0.15, 0.2) is 12.4 Å². The van der Waals surface area contributed by atoms with Crippen LogP contribution in [-0.4, -0.2) is 51.1 Å². The van der Waals surface area contributed by atoms with Gasteiger partial charge in [-0.05, 0) is 7.05 Å². The van der Waals surface area contributed by atoms with Gasteiger partial charge in [0.25, 0.3) is 0 Å². The highest BCUT2D eigenvalue weighted by molar-refractivity contribution is 5.68. The molecule has 1 aromatic rings. The number of hydrogen-bond donors (Lipinski definition) is 2.